The Morgan fingerprint density at radius 2 is 1.84 bits per heavy atom. The maximum Gasteiger partial charge on any atom is 0.416 e. The van der Waals surface area contributed by atoms with E-state index in [9.17, 15) is 18.0 Å². The zero-order chi connectivity index (χ0) is 18.6. The number of carbonyl (C=O) groups excluding carboxylic acids is 1. The molecular formula is C17H15ClF3NO2S. The lowest BCUT2D eigenvalue weighted by Gasteiger charge is -2.15. The number of carbonyl (C=O) groups is 1. The Labute approximate surface area is 152 Å². The molecule has 2 rings (SSSR count). The van der Waals surface area contributed by atoms with Gasteiger partial charge in [-0.15, -0.1) is 11.8 Å². The molecule has 3 nitrogen and oxygen atoms in total. The van der Waals surface area contributed by atoms with Crippen LogP contribution in [0.2, 0.25) is 5.02 Å². The minimum Gasteiger partial charge on any atom is -0.497 e. The molecule has 1 amide bonds. The van der Waals surface area contributed by atoms with Crippen LogP contribution in [-0.2, 0) is 11.0 Å². The molecule has 0 heterocycles. The molecule has 0 aliphatic rings. The zero-order valence-electron chi connectivity index (χ0n) is 13.4. The van der Waals surface area contributed by atoms with Crippen molar-refractivity contribution in [1.82, 2.24) is 0 Å². The van der Waals surface area contributed by atoms with Crippen LogP contribution in [0.4, 0.5) is 18.9 Å². The number of amides is 1. The van der Waals surface area contributed by atoms with E-state index < -0.39 is 22.9 Å². The number of benzene rings is 2. The van der Waals surface area contributed by atoms with Gasteiger partial charge in [-0.1, -0.05) is 11.6 Å². The van der Waals surface area contributed by atoms with Crippen LogP contribution in [0.1, 0.15) is 12.5 Å². The van der Waals surface area contributed by atoms with E-state index in [4.69, 9.17) is 16.3 Å². The van der Waals surface area contributed by atoms with E-state index in [1.807, 2.05) is 0 Å². The number of halogens is 4. The van der Waals surface area contributed by atoms with Gasteiger partial charge in [-0.3, -0.25) is 4.79 Å². The van der Waals surface area contributed by atoms with E-state index in [2.05, 4.69) is 5.32 Å². The summed E-state index contributed by atoms with van der Waals surface area (Å²) in [6.45, 7) is 1.66. The molecule has 134 valence electrons. The molecule has 2 aromatic rings. The summed E-state index contributed by atoms with van der Waals surface area (Å²) in [4.78, 5) is 13.1. The summed E-state index contributed by atoms with van der Waals surface area (Å²) in [5.74, 6) is 0.249. The number of nitrogens with one attached hydrogen (secondary N) is 1. The van der Waals surface area contributed by atoms with Crippen LogP contribution in [-0.4, -0.2) is 18.3 Å². The Morgan fingerprint density at radius 3 is 2.40 bits per heavy atom. The zero-order valence-corrected chi connectivity index (χ0v) is 14.9. The highest BCUT2D eigenvalue weighted by Gasteiger charge is 2.31. The van der Waals surface area contributed by atoms with Gasteiger partial charge in [0, 0.05) is 4.90 Å². The first-order valence-electron chi connectivity index (χ1n) is 7.19. The fraction of sp³-hybridized carbons (Fsp3) is 0.235. The van der Waals surface area contributed by atoms with Crippen molar-refractivity contribution in [3.8, 4) is 5.75 Å². The first kappa shape index (κ1) is 19.5. The van der Waals surface area contributed by atoms with Gasteiger partial charge in [0.25, 0.3) is 0 Å². The first-order valence-corrected chi connectivity index (χ1v) is 8.45. The molecule has 0 saturated heterocycles. The summed E-state index contributed by atoms with van der Waals surface area (Å²) in [5, 5.41) is 1.96. The molecule has 0 aromatic heterocycles. The van der Waals surface area contributed by atoms with Crippen molar-refractivity contribution >= 4 is 35.0 Å². The van der Waals surface area contributed by atoms with Gasteiger partial charge in [-0.2, -0.15) is 13.2 Å². The van der Waals surface area contributed by atoms with Gasteiger partial charge in [0.05, 0.1) is 28.6 Å². The molecule has 8 heteroatoms. The van der Waals surface area contributed by atoms with Gasteiger partial charge in [-0.25, -0.2) is 0 Å². The third kappa shape index (κ3) is 5.31. The number of anilines is 1. The van der Waals surface area contributed by atoms with Crippen molar-refractivity contribution in [1.29, 1.82) is 0 Å². The van der Waals surface area contributed by atoms with Crippen molar-refractivity contribution in [2.24, 2.45) is 0 Å². The molecule has 1 N–H and O–H groups in total. The van der Waals surface area contributed by atoms with Crippen LogP contribution in [0.15, 0.2) is 47.4 Å². The van der Waals surface area contributed by atoms with Gasteiger partial charge >= 0.3 is 6.18 Å². The third-order valence-corrected chi connectivity index (χ3v) is 4.73. The predicted molar refractivity (Wildman–Crippen MR) is 93.4 cm³/mol. The van der Waals surface area contributed by atoms with Gasteiger partial charge in [0.2, 0.25) is 5.91 Å². The van der Waals surface area contributed by atoms with Crippen molar-refractivity contribution in [2.75, 3.05) is 12.4 Å². The monoisotopic (exact) mass is 389 g/mol. The molecule has 1 atom stereocenters. The standard InChI is InChI=1S/C17H15ClF3NO2S/c1-10(25-13-6-4-12(24-2)5-7-13)16(23)22-15-9-11(17(19,20)21)3-8-14(15)18/h3-10H,1-2H3,(H,22,23)/t10-/m0/s1. The fourth-order valence-electron chi connectivity index (χ4n) is 1.94. The van der Waals surface area contributed by atoms with Crippen molar-refractivity contribution < 1.29 is 22.7 Å². The highest BCUT2D eigenvalue weighted by molar-refractivity contribution is 8.00. The van der Waals surface area contributed by atoms with E-state index in [0.29, 0.717) is 5.75 Å². The highest BCUT2D eigenvalue weighted by Crippen LogP contribution is 2.34. The molecule has 2 aromatic carbocycles. The number of ether oxygens (including phenoxy) is 1. The Kier molecular flexibility index (Phi) is 6.24. The quantitative estimate of drug-likeness (QED) is 0.687. The van der Waals surface area contributed by atoms with E-state index in [1.165, 1.54) is 11.8 Å². The summed E-state index contributed by atoms with van der Waals surface area (Å²) in [6, 6.07) is 9.92. The minimum absolute atomic E-state index is 0.0444. The van der Waals surface area contributed by atoms with Gasteiger partial charge in [-0.05, 0) is 49.4 Å². The second-order valence-electron chi connectivity index (χ2n) is 5.12. The number of methoxy groups -OCH3 is 1. The number of alkyl halides is 3. The maximum absolute atomic E-state index is 12.8. The molecule has 0 aliphatic carbocycles. The average molecular weight is 390 g/mol. The molecule has 0 fully saturated rings. The van der Waals surface area contributed by atoms with Crippen LogP contribution in [0, 0.1) is 0 Å². The number of hydrogen-bond acceptors (Lipinski definition) is 3. The first-order chi connectivity index (χ1) is 11.7. The second kappa shape index (κ2) is 8.01. The topological polar surface area (TPSA) is 38.3 Å². The molecule has 0 radical (unpaired) electrons. The smallest absolute Gasteiger partial charge is 0.416 e. The van der Waals surface area contributed by atoms with Crippen molar-refractivity contribution in [3.05, 3.63) is 53.1 Å². The Balaban J connectivity index is 2.07. The number of thioether (sulfide) groups is 1. The van der Waals surface area contributed by atoms with Crippen LogP contribution in [0.25, 0.3) is 0 Å². The van der Waals surface area contributed by atoms with Gasteiger partial charge in [0.1, 0.15) is 5.75 Å². The number of rotatable bonds is 5. The predicted octanol–water partition coefficient (Wildman–Crippen LogP) is 5.49. The third-order valence-electron chi connectivity index (χ3n) is 3.29. The maximum atomic E-state index is 12.8. The van der Waals surface area contributed by atoms with E-state index >= 15 is 0 Å². The molecule has 0 aliphatic heterocycles. The van der Waals surface area contributed by atoms with Crippen LogP contribution in [0.5, 0.6) is 5.75 Å². The van der Waals surface area contributed by atoms with Crippen LogP contribution >= 0.6 is 23.4 Å². The van der Waals surface area contributed by atoms with Crippen molar-refractivity contribution in [3.63, 3.8) is 0 Å². The summed E-state index contributed by atoms with van der Waals surface area (Å²) >= 11 is 7.16. The average Bonchev–Trinajstić information content (AvgIpc) is 2.56. The van der Waals surface area contributed by atoms with E-state index in [-0.39, 0.29) is 10.7 Å². The molecule has 0 unspecified atom stereocenters. The van der Waals surface area contributed by atoms with Gasteiger partial charge < -0.3 is 10.1 Å². The van der Waals surface area contributed by atoms with Crippen LogP contribution in [0.3, 0.4) is 0 Å². The normalized spacial score (nSPS) is 12.6. The largest absolute Gasteiger partial charge is 0.497 e. The Bertz CT molecular complexity index is 751. The summed E-state index contributed by atoms with van der Waals surface area (Å²) in [6.07, 6.45) is -4.51. The summed E-state index contributed by atoms with van der Waals surface area (Å²) < 4.78 is 43.4. The van der Waals surface area contributed by atoms with E-state index in [0.717, 1.165) is 23.1 Å². The van der Waals surface area contributed by atoms with E-state index in [1.54, 1.807) is 38.3 Å². The lowest BCUT2D eigenvalue weighted by atomic mass is 10.2. The lowest BCUT2D eigenvalue weighted by Crippen LogP contribution is -2.22. The van der Waals surface area contributed by atoms with Gasteiger partial charge in [0.15, 0.2) is 0 Å². The second-order valence-corrected chi connectivity index (χ2v) is 6.94. The lowest BCUT2D eigenvalue weighted by molar-refractivity contribution is -0.137. The Morgan fingerprint density at radius 1 is 1.20 bits per heavy atom. The minimum atomic E-state index is -4.51. The van der Waals surface area contributed by atoms with Crippen LogP contribution < -0.4 is 10.1 Å². The fourth-order valence-corrected chi connectivity index (χ4v) is 2.98. The molecule has 0 spiro atoms. The number of hydrogen-bond donors (Lipinski definition) is 1. The SMILES string of the molecule is COc1ccc(S[C@@H](C)C(=O)Nc2cc(C(F)(F)F)ccc2Cl)cc1. The summed E-state index contributed by atoms with van der Waals surface area (Å²) in [5.41, 5.74) is -0.939. The molecule has 0 bridgehead atoms. The van der Waals surface area contributed by atoms with Crippen molar-refractivity contribution in [2.45, 2.75) is 23.2 Å². The highest BCUT2D eigenvalue weighted by atomic mass is 35.5. The molecular weight excluding hydrogens is 375 g/mol. The Hall–Kier alpha value is -1.86. The molecule has 0 saturated carbocycles. The summed E-state index contributed by atoms with van der Waals surface area (Å²) in [7, 11) is 1.55. The molecule has 25 heavy (non-hydrogen) atoms.